The van der Waals surface area contributed by atoms with E-state index in [-0.39, 0.29) is 5.82 Å². The summed E-state index contributed by atoms with van der Waals surface area (Å²) in [7, 11) is 0. The van der Waals surface area contributed by atoms with Gasteiger partial charge in [-0.3, -0.25) is 0 Å². The van der Waals surface area contributed by atoms with E-state index in [1.807, 2.05) is 24.3 Å². The quantitative estimate of drug-likeness (QED) is 0.569. The summed E-state index contributed by atoms with van der Waals surface area (Å²) in [6.45, 7) is 0. The molecule has 0 fully saturated rings. The van der Waals surface area contributed by atoms with Crippen LogP contribution in [0, 0.1) is 11.9 Å². The number of halogens is 1. The largest absolute Gasteiger partial charge is 0.207 e. The smallest absolute Gasteiger partial charge is 0.123 e. The molecule has 0 aromatic heterocycles. The molecule has 0 amide bonds. The maximum absolute atomic E-state index is 13.1. The van der Waals surface area contributed by atoms with Crippen LogP contribution >= 0.6 is 0 Å². The topological polar surface area (TPSA) is 0 Å². The van der Waals surface area contributed by atoms with E-state index in [1.54, 1.807) is 6.07 Å². The Morgan fingerprint density at radius 1 is 0.824 bits per heavy atom. The summed E-state index contributed by atoms with van der Waals surface area (Å²) < 4.78 is 13.1. The van der Waals surface area contributed by atoms with E-state index < -0.39 is 0 Å². The lowest BCUT2D eigenvalue weighted by molar-refractivity contribution is 0.628. The van der Waals surface area contributed by atoms with Gasteiger partial charge in [0.15, 0.2) is 0 Å². The molecule has 3 aromatic rings. The Kier molecular flexibility index (Phi) is 2.37. The average Bonchev–Trinajstić information content (AvgIpc) is 2.38. The number of hydrogen-bond donors (Lipinski definition) is 0. The molecule has 0 nitrogen and oxygen atoms in total. The van der Waals surface area contributed by atoms with Crippen LogP contribution in [-0.4, -0.2) is 0 Å². The summed E-state index contributed by atoms with van der Waals surface area (Å²) in [5.41, 5.74) is 1.78. The van der Waals surface area contributed by atoms with Crippen molar-refractivity contribution in [2.45, 2.75) is 0 Å². The number of hydrogen-bond acceptors (Lipinski definition) is 0. The van der Waals surface area contributed by atoms with Crippen LogP contribution < -0.4 is 0 Å². The molecule has 0 aliphatic carbocycles. The Morgan fingerprint density at radius 2 is 1.65 bits per heavy atom. The van der Waals surface area contributed by atoms with Gasteiger partial charge in [0.05, 0.1) is 0 Å². The molecule has 0 atom stereocenters. The molecular formula is C16H10F. The second-order valence-electron chi connectivity index (χ2n) is 3.98. The molecule has 1 radical (unpaired) electrons. The van der Waals surface area contributed by atoms with Crippen molar-refractivity contribution in [1.82, 2.24) is 0 Å². The minimum atomic E-state index is -0.230. The van der Waals surface area contributed by atoms with E-state index >= 15 is 0 Å². The minimum Gasteiger partial charge on any atom is -0.207 e. The molecule has 0 bridgehead atoms. The highest BCUT2D eigenvalue weighted by atomic mass is 19.1. The molecule has 0 unspecified atom stereocenters. The number of fused-ring (bicyclic) bond motifs is 1. The van der Waals surface area contributed by atoms with Gasteiger partial charge >= 0.3 is 0 Å². The van der Waals surface area contributed by atoms with Crippen LogP contribution in [0.3, 0.4) is 0 Å². The van der Waals surface area contributed by atoms with Crippen molar-refractivity contribution < 1.29 is 4.39 Å². The summed E-state index contributed by atoms with van der Waals surface area (Å²) in [6, 6.07) is 21.8. The second kappa shape index (κ2) is 4.02. The van der Waals surface area contributed by atoms with E-state index in [0.717, 1.165) is 16.5 Å². The van der Waals surface area contributed by atoms with Gasteiger partial charge in [-0.1, -0.05) is 42.5 Å². The lowest BCUT2D eigenvalue weighted by Crippen LogP contribution is -1.81. The Bertz CT molecular complexity index is 671. The zero-order valence-electron chi connectivity index (χ0n) is 9.15. The summed E-state index contributed by atoms with van der Waals surface area (Å²) in [5.74, 6) is -0.230. The van der Waals surface area contributed by atoms with Gasteiger partial charge in [0.2, 0.25) is 0 Å². The van der Waals surface area contributed by atoms with Gasteiger partial charge in [-0.05, 0) is 46.2 Å². The van der Waals surface area contributed by atoms with E-state index in [9.17, 15) is 4.39 Å². The van der Waals surface area contributed by atoms with Gasteiger partial charge in [0.1, 0.15) is 5.82 Å². The van der Waals surface area contributed by atoms with Crippen LogP contribution in [0.5, 0.6) is 0 Å². The molecule has 0 spiro atoms. The Hall–Kier alpha value is -2.15. The molecule has 1 heteroatoms. The Balaban J connectivity index is 2.18. The summed E-state index contributed by atoms with van der Waals surface area (Å²) >= 11 is 0. The summed E-state index contributed by atoms with van der Waals surface area (Å²) in [5, 5.41) is 2.34. The minimum absolute atomic E-state index is 0.230. The van der Waals surface area contributed by atoms with Crippen LogP contribution in [-0.2, 0) is 0 Å². The molecule has 0 saturated carbocycles. The van der Waals surface area contributed by atoms with Crippen LogP contribution in [0.25, 0.3) is 21.9 Å². The van der Waals surface area contributed by atoms with Crippen molar-refractivity contribution in [3.05, 3.63) is 72.5 Å². The normalized spacial score (nSPS) is 10.6. The summed E-state index contributed by atoms with van der Waals surface area (Å²) in [4.78, 5) is 0. The molecule has 3 rings (SSSR count). The maximum atomic E-state index is 13.1. The van der Waals surface area contributed by atoms with Crippen molar-refractivity contribution in [3.8, 4) is 11.1 Å². The van der Waals surface area contributed by atoms with Gasteiger partial charge in [-0.2, -0.15) is 0 Å². The second-order valence-corrected chi connectivity index (χ2v) is 3.98. The molecule has 0 aliphatic rings. The van der Waals surface area contributed by atoms with E-state index in [4.69, 9.17) is 0 Å². The first-order chi connectivity index (χ1) is 8.33. The zero-order chi connectivity index (χ0) is 11.7. The van der Waals surface area contributed by atoms with Gasteiger partial charge < -0.3 is 0 Å². The predicted molar refractivity (Wildman–Crippen MR) is 68.2 cm³/mol. The monoisotopic (exact) mass is 221 g/mol. The molecule has 0 N–H and O–H groups in total. The third kappa shape index (κ3) is 1.92. The first-order valence-electron chi connectivity index (χ1n) is 5.49. The molecule has 0 aliphatic heterocycles. The van der Waals surface area contributed by atoms with Crippen LogP contribution in [0.15, 0.2) is 60.7 Å². The SMILES string of the molecule is Fc1cc[c]c(-c2ccc3ccccc3c2)c1. The average molecular weight is 221 g/mol. The van der Waals surface area contributed by atoms with Gasteiger partial charge in [0, 0.05) is 0 Å². The van der Waals surface area contributed by atoms with Gasteiger partial charge in [-0.25, -0.2) is 4.39 Å². The fourth-order valence-electron chi connectivity index (χ4n) is 1.96. The van der Waals surface area contributed by atoms with Crippen LogP contribution in [0.4, 0.5) is 4.39 Å². The first kappa shape index (κ1) is 10.0. The first-order valence-corrected chi connectivity index (χ1v) is 5.49. The highest BCUT2D eigenvalue weighted by Crippen LogP contribution is 2.24. The molecule has 0 saturated heterocycles. The number of benzene rings is 3. The standard InChI is InChI=1S/C16H10F/c17-16-7-3-6-14(11-16)15-9-8-12-4-1-2-5-13(12)10-15/h1-5,7-11H. The molecule has 3 aromatic carbocycles. The lowest BCUT2D eigenvalue weighted by Gasteiger charge is -2.03. The zero-order valence-corrected chi connectivity index (χ0v) is 9.15. The van der Waals surface area contributed by atoms with Crippen molar-refractivity contribution in [1.29, 1.82) is 0 Å². The van der Waals surface area contributed by atoms with Crippen molar-refractivity contribution >= 4 is 10.8 Å². The van der Waals surface area contributed by atoms with E-state index in [2.05, 4.69) is 24.3 Å². The third-order valence-electron chi connectivity index (χ3n) is 2.82. The maximum Gasteiger partial charge on any atom is 0.123 e. The molecule has 17 heavy (non-hydrogen) atoms. The molecular weight excluding hydrogens is 211 g/mol. The third-order valence-corrected chi connectivity index (χ3v) is 2.82. The van der Waals surface area contributed by atoms with E-state index in [1.165, 1.54) is 17.5 Å². The lowest BCUT2D eigenvalue weighted by atomic mass is 10.0. The number of rotatable bonds is 1. The highest BCUT2D eigenvalue weighted by molar-refractivity contribution is 5.87. The Morgan fingerprint density at radius 3 is 2.47 bits per heavy atom. The van der Waals surface area contributed by atoms with Gasteiger partial charge in [0.25, 0.3) is 0 Å². The van der Waals surface area contributed by atoms with Crippen LogP contribution in [0.2, 0.25) is 0 Å². The van der Waals surface area contributed by atoms with Crippen molar-refractivity contribution in [3.63, 3.8) is 0 Å². The Labute approximate surface area is 99.3 Å². The molecule has 0 heterocycles. The predicted octanol–water partition coefficient (Wildman–Crippen LogP) is 4.45. The highest BCUT2D eigenvalue weighted by Gasteiger charge is 2.00. The van der Waals surface area contributed by atoms with Crippen molar-refractivity contribution in [2.24, 2.45) is 0 Å². The fraction of sp³-hybridized carbons (Fsp3) is 0. The van der Waals surface area contributed by atoms with E-state index in [0.29, 0.717) is 0 Å². The molecule has 81 valence electrons. The van der Waals surface area contributed by atoms with Crippen molar-refractivity contribution in [2.75, 3.05) is 0 Å². The summed E-state index contributed by atoms with van der Waals surface area (Å²) in [6.07, 6.45) is 0. The van der Waals surface area contributed by atoms with Gasteiger partial charge in [-0.15, -0.1) is 0 Å². The van der Waals surface area contributed by atoms with Crippen LogP contribution in [0.1, 0.15) is 0 Å². The fourth-order valence-corrected chi connectivity index (χ4v) is 1.96.